The Hall–Kier alpha value is -0.530. The Morgan fingerprint density at radius 3 is 2.50 bits per heavy atom. The summed E-state index contributed by atoms with van der Waals surface area (Å²) in [4.78, 5) is 10.5. The van der Waals surface area contributed by atoms with Crippen LogP contribution in [0.2, 0.25) is 0 Å². The van der Waals surface area contributed by atoms with Crippen LogP contribution in [-0.2, 0) is 9.53 Å². The molecule has 0 saturated carbocycles. The van der Waals surface area contributed by atoms with E-state index in [1.807, 2.05) is 0 Å². The summed E-state index contributed by atoms with van der Waals surface area (Å²) in [7, 11) is 0. The van der Waals surface area contributed by atoms with E-state index >= 15 is 0 Å². The van der Waals surface area contributed by atoms with Crippen LogP contribution in [0.25, 0.3) is 0 Å². The fourth-order valence-corrected chi connectivity index (χ4v) is 1.47. The van der Waals surface area contributed by atoms with Crippen molar-refractivity contribution in [2.75, 3.05) is 6.61 Å². The molecule has 0 aromatic heterocycles. The Morgan fingerprint density at radius 1 is 1.21 bits per heavy atom. The zero-order valence-corrected chi connectivity index (χ0v) is 9.84. The van der Waals surface area contributed by atoms with Crippen LogP contribution in [0.3, 0.4) is 0 Å². The van der Waals surface area contributed by atoms with E-state index in [0.29, 0.717) is 12.5 Å². The van der Waals surface area contributed by atoms with Gasteiger partial charge < -0.3 is 4.74 Å². The number of rotatable bonds is 8. The molecule has 0 heterocycles. The van der Waals surface area contributed by atoms with Gasteiger partial charge in [0.2, 0.25) is 0 Å². The first-order valence-corrected chi connectivity index (χ1v) is 5.80. The predicted molar refractivity (Wildman–Crippen MR) is 59.2 cm³/mol. The summed E-state index contributed by atoms with van der Waals surface area (Å²) < 4.78 is 4.90. The van der Waals surface area contributed by atoms with E-state index in [1.165, 1.54) is 39.0 Å². The molecule has 0 radical (unpaired) electrons. The number of ether oxygens (including phenoxy) is 1. The molecule has 2 nitrogen and oxygen atoms in total. The summed E-state index contributed by atoms with van der Waals surface area (Å²) in [6.07, 6.45) is 7.56. The van der Waals surface area contributed by atoms with E-state index < -0.39 is 0 Å². The lowest BCUT2D eigenvalue weighted by atomic mass is 10.00. The normalized spacial score (nSPS) is 12.5. The topological polar surface area (TPSA) is 26.3 Å². The van der Waals surface area contributed by atoms with Crippen LogP contribution < -0.4 is 0 Å². The van der Waals surface area contributed by atoms with Crippen LogP contribution in [0.1, 0.15) is 59.3 Å². The van der Waals surface area contributed by atoms with Crippen molar-refractivity contribution in [1.29, 1.82) is 0 Å². The summed E-state index contributed by atoms with van der Waals surface area (Å²) in [6.45, 7) is 6.51. The van der Waals surface area contributed by atoms with Gasteiger partial charge in [0, 0.05) is 6.92 Å². The maximum Gasteiger partial charge on any atom is 0.302 e. The van der Waals surface area contributed by atoms with E-state index in [9.17, 15) is 4.79 Å². The summed E-state index contributed by atoms with van der Waals surface area (Å²) >= 11 is 0. The van der Waals surface area contributed by atoms with Gasteiger partial charge in [-0.25, -0.2) is 0 Å². The molecule has 1 unspecified atom stereocenters. The van der Waals surface area contributed by atoms with Gasteiger partial charge in [-0.2, -0.15) is 0 Å². The van der Waals surface area contributed by atoms with E-state index in [4.69, 9.17) is 4.74 Å². The lowest BCUT2D eigenvalue weighted by Crippen LogP contribution is -2.05. The second-order valence-electron chi connectivity index (χ2n) is 4.08. The SMILES string of the molecule is CCCCCCC(C)CCOC(C)=O. The molecule has 0 aromatic carbocycles. The van der Waals surface area contributed by atoms with Crippen LogP contribution in [-0.4, -0.2) is 12.6 Å². The van der Waals surface area contributed by atoms with Gasteiger partial charge in [-0.1, -0.05) is 46.0 Å². The maximum atomic E-state index is 10.5. The molecule has 84 valence electrons. The Balaban J connectivity index is 3.19. The first-order chi connectivity index (χ1) is 6.66. The van der Waals surface area contributed by atoms with Crippen LogP contribution >= 0.6 is 0 Å². The standard InChI is InChI=1S/C12H24O2/c1-4-5-6-7-8-11(2)9-10-14-12(3)13/h11H,4-10H2,1-3H3. The van der Waals surface area contributed by atoms with Crippen LogP contribution in [0.15, 0.2) is 0 Å². The molecule has 0 fully saturated rings. The molecular weight excluding hydrogens is 176 g/mol. The maximum absolute atomic E-state index is 10.5. The lowest BCUT2D eigenvalue weighted by molar-refractivity contribution is -0.141. The Morgan fingerprint density at radius 2 is 1.93 bits per heavy atom. The summed E-state index contributed by atoms with van der Waals surface area (Å²) in [5.41, 5.74) is 0. The van der Waals surface area contributed by atoms with Gasteiger partial charge in [0.25, 0.3) is 0 Å². The molecule has 0 amide bonds. The smallest absolute Gasteiger partial charge is 0.302 e. The van der Waals surface area contributed by atoms with E-state index in [2.05, 4.69) is 13.8 Å². The second kappa shape index (κ2) is 9.04. The molecule has 2 heteroatoms. The summed E-state index contributed by atoms with van der Waals surface area (Å²) in [5.74, 6) is 0.523. The molecule has 0 bridgehead atoms. The number of carbonyl (C=O) groups excluding carboxylic acids is 1. The van der Waals surface area contributed by atoms with Crippen molar-refractivity contribution >= 4 is 5.97 Å². The van der Waals surface area contributed by atoms with E-state index in [-0.39, 0.29) is 5.97 Å². The van der Waals surface area contributed by atoms with Crippen LogP contribution in [0.5, 0.6) is 0 Å². The number of esters is 1. The summed E-state index contributed by atoms with van der Waals surface area (Å²) in [6, 6.07) is 0. The molecule has 0 aliphatic carbocycles. The monoisotopic (exact) mass is 200 g/mol. The molecule has 14 heavy (non-hydrogen) atoms. The average molecular weight is 200 g/mol. The second-order valence-corrected chi connectivity index (χ2v) is 4.08. The van der Waals surface area contributed by atoms with Gasteiger partial charge in [0.1, 0.15) is 0 Å². The van der Waals surface area contributed by atoms with Crippen molar-refractivity contribution < 1.29 is 9.53 Å². The average Bonchev–Trinajstić information content (AvgIpc) is 2.12. The van der Waals surface area contributed by atoms with E-state index in [0.717, 1.165) is 6.42 Å². The Labute approximate surface area is 88.0 Å². The number of hydrogen-bond donors (Lipinski definition) is 0. The highest BCUT2D eigenvalue weighted by atomic mass is 16.5. The van der Waals surface area contributed by atoms with Crippen molar-refractivity contribution in [1.82, 2.24) is 0 Å². The molecular formula is C12H24O2. The summed E-state index contributed by atoms with van der Waals surface area (Å²) in [5, 5.41) is 0. The third-order valence-electron chi connectivity index (χ3n) is 2.47. The molecule has 0 aromatic rings. The van der Waals surface area contributed by atoms with Crippen LogP contribution in [0, 0.1) is 5.92 Å². The minimum absolute atomic E-state index is 0.164. The van der Waals surface area contributed by atoms with Crippen molar-refractivity contribution in [3.8, 4) is 0 Å². The highest BCUT2D eigenvalue weighted by molar-refractivity contribution is 5.65. The van der Waals surface area contributed by atoms with E-state index in [1.54, 1.807) is 0 Å². The first-order valence-electron chi connectivity index (χ1n) is 5.80. The van der Waals surface area contributed by atoms with Gasteiger partial charge in [-0.05, 0) is 12.3 Å². The molecule has 1 atom stereocenters. The van der Waals surface area contributed by atoms with Gasteiger partial charge in [-0.15, -0.1) is 0 Å². The zero-order chi connectivity index (χ0) is 10.8. The Bertz CT molecular complexity index is 143. The lowest BCUT2D eigenvalue weighted by Gasteiger charge is -2.10. The van der Waals surface area contributed by atoms with Gasteiger partial charge >= 0.3 is 5.97 Å². The van der Waals surface area contributed by atoms with Crippen molar-refractivity contribution in [3.63, 3.8) is 0 Å². The molecule has 0 aliphatic rings. The van der Waals surface area contributed by atoms with Gasteiger partial charge in [0.05, 0.1) is 6.61 Å². The highest BCUT2D eigenvalue weighted by Crippen LogP contribution is 2.13. The minimum Gasteiger partial charge on any atom is -0.466 e. The van der Waals surface area contributed by atoms with Crippen molar-refractivity contribution in [2.24, 2.45) is 5.92 Å². The number of unbranched alkanes of at least 4 members (excludes halogenated alkanes) is 3. The first kappa shape index (κ1) is 13.5. The third-order valence-corrected chi connectivity index (χ3v) is 2.47. The molecule has 0 saturated heterocycles. The van der Waals surface area contributed by atoms with Gasteiger partial charge in [0.15, 0.2) is 0 Å². The highest BCUT2D eigenvalue weighted by Gasteiger charge is 2.02. The third kappa shape index (κ3) is 9.56. The van der Waals surface area contributed by atoms with Crippen LogP contribution in [0.4, 0.5) is 0 Å². The number of carbonyl (C=O) groups is 1. The fourth-order valence-electron chi connectivity index (χ4n) is 1.47. The fraction of sp³-hybridized carbons (Fsp3) is 0.917. The van der Waals surface area contributed by atoms with Crippen molar-refractivity contribution in [3.05, 3.63) is 0 Å². The quantitative estimate of drug-likeness (QED) is 0.442. The predicted octanol–water partition coefficient (Wildman–Crippen LogP) is 3.55. The Kier molecular flexibility index (Phi) is 8.70. The molecule has 0 N–H and O–H groups in total. The number of hydrogen-bond acceptors (Lipinski definition) is 2. The largest absolute Gasteiger partial charge is 0.466 e. The molecule has 0 spiro atoms. The zero-order valence-electron chi connectivity index (χ0n) is 9.84. The van der Waals surface area contributed by atoms with Crippen molar-refractivity contribution in [2.45, 2.75) is 59.3 Å². The molecule has 0 rings (SSSR count). The van der Waals surface area contributed by atoms with Gasteiger partial charge in [-0.3, -0.25) is 4.79 Å². The molecule has 0 aliphatic heterocycles. The minimum atomic E-state index is -0.164.